The Bertz CT molecular complexity index is 782. The predicted molar refractivity (Wildman–Crippen MR) is 97.6 cm³/mol. The maximum atomic E-state index is 6.00. The molecule has 0 radical (unpaired) electrons. The highest BCUT2D eigenvalue weighted by molar-refractivity contribution is 7.16. The first-order chi connectivity index (χ1) is 11.7. The summed E-state index contributed by atoms with van der Waals surface area (Å²) in [4.78, 5) is 8.15. The fraction of sp³-hybridized carbons (Fsp3) is 0.278. The molecule has 1 aromatic carbocycles. The molecule has 2 aromatic heterocycles. The molecule has 0 unspecified atom stereocenters. The number of nitrogens with zero attached hydrogens (tertiary/aromatic N) is 2. The van der Waals surface area contributed by atoms with Gasteiger partial charge in [0.1, 0.15) is 12.0 Å². The maximum absolute atomic E-state index is 6.00. The predicted octanol–water partition coefficient (Wildman–Crippen LogP) is 5.09. The molecule has 0 aliphatic carbocycles. The fourth-order valence-corrected chi connectivity index (χ4v) is 3.54. The van der Waals surface area contributed by atoms with Crippen molar-refractivity contribution in [2.75, 3.05) is 13.7 Å². The number of oxazole rings is 1. The number of methoxy groups -OCH3 is 1. The topological polar surface area (TPSA) is 38.5 Å². The van der Waals surface area contributed by atoms with Crippen LogP contribution in [0.1, 0.15) is 17.5 Å². The van der Waals surface area contributed by atoms with Crippen molar-refractivity contribution in [1.82, 2.24) is 9.88 Å². The number of aromatic nitrogens is 1. The zero-order chi connectivity index (χ0) is 16.9. The van der Waals surface area contributed by atoms with Crippen LogP contribution in [0.4, 0.5) is 0 Å². The van der Waals surface area contributed by atoms with E-state index in [9.17, 15) is 0 Å². The molecule has 0 aliphatic rings. The molecule has 2 heterocycles. The molecule has 0 atom stereocenters. The molecule has 6 heteroatoms. The van der Waals surface area contributed by atoms with E-state index in [1.54, 1.807) is 24.7 Å². The lowest BCUT2D eigenvalue weighted by Crippen LogP contribution is -2.21. The summed E-state index contributed by atoms with van der Waals surface area (Å²) >= 11 is 7.62. The first-order valence-corrected chi connectivity index (χ1v) is 8.92. The molecule has 0 aliphatic heterocycles. The van der Waals surface area contributed by atoms with Gasteiger partial charge in [-0.1, -0.05) is 18.5 Å². The average Bonchev–Trinajstić information content (AvgIpc) is 3.23. The van der Waals surface area contributed by atoms with Gasteiger partial charge in [0.05, 0.1) is 17.1 Å². The zero-order valence-corrected chi connectivity index (χ0v) is 15.2. The highest BCUT2D eigenvalue weighted by atomic mass is 35.5. The Morgan fingerprint density at radius 1 is 1.17 bits per heavy atom. The Labute approximate surface area is 150 Å². The van der Waals surface area contributed by atoms with Gasteiger partial charge in [-0.3, -0.25) is 4.90 Å². The lowest BCUT2D eigenvalue weighted by atomic mass is 10.2. The molecule has 0 N–H and O–H groups in total. The van der Waals surface area contributed by atoms with Crippen molar-refractivity contribution in [3.63, 3.8) is 0 Å². The van der Waals surface area contributed by atoms with E-state index < -0.39 is 0 Å². The van der Waals surface area contributed by atoms with E-state index in [2.05, 4.69) is 22.9 Å². The van der Waals surface area contributed by atoms with Crippen LogP contribution in [0.15, 0.2) is 47.1 Å². The van der Waals surface area contributed by atoms with Gasteiger partial charge >= 0.3 is 0 Å². The van der Waals surface area contributed by atoms with Gasteiger partial charge in [-0.15, -0.1) is 11.3 Å². The summed E-state index contributed by atoms with van der Waals surface area (Å²) in [6.45, 7) is 4.67. The lowest BCUT2D eigenvalue weighted by Gasteiger charge is -2.17. The molecule has 0 amide bonds. The molecule has 3 aromatic rings. The highest BCUT2D eigenvalue weighted by Gasteiger charge is 2.12. The maximum Gasteiger partial charge on any atom is 0.226 e. The number of ether oxygens (including phenoxy) is 1. The quantitative estimate of drug-likeness (QED) is 0.587. The Morgan fingerprint density at radius 2 is 1.96 bits per heavy atom. The molecule has 126 valence electrons. The Kier molecular flexibility index (Phi) is 5.56. The van der Waals surface area contributed by atoms with Gasteiger partial charge < -0.3 is 9.15 Å². The molecule has 24 heavy (non-hydrogen) atoms. The third-order valence-corrected chi connectivity index (χ3v) is 4.95. The van der Waals surface area contributed by atoms with E-state index in [0.717, 1.165) is 41.0 Å². The van der Waals surface area contributed by atoms with E-state index in [1.807, 2.05) is 30.3 Å². The summed E-state index contributed by atoms with van der Waals surface area (Å²) in [6.07, 6.45) is 1.73. The number of rotatable bonds is 7. The Hall–Kier alpha value is -1.82. The van der Waals surface area contributed by atoms with Crippen LogP contribution in [0, 0.1) is 0 Å². The molecule has 0 saturated heterocycles. The van der Waals surface area contributed by atoms with Crippen LogP contribution in [-0.2, 0) is 13.1 Å². The summed E-state index contributed by atoms with van der Waals surface area (Å²) in [6, 6.07) is 11.7. The first-order valence-electron chi connectivity index (χ1n) is 7.73. The standard InChI is InChI=1S/C18H19ClN2O2S/c1-3-21(11-16-8-9-17(19)24-16)10-14-12-23-18(20-14)13-4-6-15(22-2)7-5-13/h4-9,12H,3,10-11H2,1-2H3. The monoisotopic (exact) mass is 362 g/mol. The molecule has 0 bridgehead atoms. The Balaban J connectivity index is 1.67. The zero-order valence-electron chi connectivity index (χ0n) is 13.7. The van der Waals surface area contributed by atoms with Crippen LogP contribution in [0.3, 0.4) is 0 Å². The van der Waals surface area contributed by atoms with E-state index in [-0.39, 0.29) is 0 Å². The minimum atomic E-state index is 0.628. The highest BCUT2D eigenvalue weighted by Crippen LogP contribution is 2.24. The molecule has 0 fully saturated rings. The van der Waals surface area contributed by atoms with Crippen LogP contribution < -0.4 is 4.74 Å². The van der Waals surface area contributed by atoms with Crippen molar-refractivity contribution >= 4 is 22.9 Å². The lowest BCUT2D eigenvalue weighted by molar-refractivity contribution is 0.270. The number of thiophene rings is 1. The SMILES string of the molecule is CCN(Cc1coc(-c2ccc(OC)cc2)n1)Cc1ccc(Cl)s1. The summed E-state index contributed by atoms with van der Waals surface area (Å²) in [5, 5.41) is 0. The molecule has 0 saturated carbocycles. The number of hydrogen-bond acceptors (Lipinski definition) is 5. The van der Waals surface area contributed by atoms with Gasteiger partial charge in [0, 0.05) is 23.5 Å². The van der Waals surface area contributed by atoms with Gasteiger partial charge in [-0.25, -0.2) is 4.98 Å². The number of benzene rings is 1. The van der Waals surface area contributed by atoms with Crippen LogP contribution in [0.2, 0.25) is 4.34 Å². The van der Waals surface area contributed by atoms with Crippen molar-refractivity contribution in [3.05, 3.63) is 57.6 Å². The molecular weight excluding hydrogens is 344 g/mol. The van der Waals surface area contributed by atoms with Gasteiger partial charge in [0.25, 0.3) is 0 Å². The average molecular weight is 363 g/mol. The third kappa shape index (κ3) is 4.17. The van der Waals surface area contributed by atoms with E-state index >= 15 is 0 Å². The smallest absolute Gasteiger partial charge is 0.226 e. The van der Waals surface area contributed by atoms with Crippen LogP contribution >= 0.6 is 22.9 Å². The second kappa shape index (κ2) is 7.83. The Morgan fingerprint density at radius 3 is 2.58 bits per heavy atom. The molecule has 4 nitrogen and oxygen atoms in total. The molecular formula is C18H19ClN2O2S. The van der Waals surface area contributed by atoms with Crippen molar-refractivity contribution in [1.29, 1.82) is 0 Å². The third-order valence-electron chi connectivity index (χ3n) is 3.73. The van der Waals surface area contributed by atoms with Gasteiger partial charge in [0.2, 0.25) is 5.89 Å². The first kappa shape index (κ1) is 17.0. The van der Waals surface area contributed by atoms with Crippen molar-refractivity contribution in [2.45, 2.75) is 20.0 Å². The summed E-state index contributed by atoms with van der Waals surface area (Å²) in [7, 11) is 1.65. The minimum absolute atomic E-state index is 0.628. The molecule has 0 spiro atoms. The summed E-state index contributed by atoms with van der Waals surface area (Å²) in [5.41, 5.74) is 1.86. The largest absolute Gasteiger partial charge is 0.497 e. The van der Waals surface area contributed by atoms with Crippen molar-refractivity contribution in [2.24, 2.45) is 0 Å². The van der Waals surface area contributed by atoms with Gasteiger partial charge in [-0.05, 0) is 42.9 Å². The summed E-state index contributed by atoms with van der Waals surface area (Å²) in [5.74, 6) is 1.44. The van der Waals surface area contributed by atoms with Crippen molar-refractivity contribution < 1.29 is 9.15 Å². The molecule has 3 rings (SSSR count). The fourth-order valence-electron chi connectivity index (χ4n) is 2.41. The van der Waals surface area contributed by atoms with Crippen LogP contribution in [0.25, 0.3) is 11.5 Å². The number of halogens is 1. The minimum Gasteiger partial charge on any atom is -0.497 e. The summed E-state index contributed by atoms with van der Waals surface area (Å²) < 4.78 is 11.6. The van der Waals surface area contributed by atoms with Crippen LogP contribution in [-0.4, -0.2) is 23.5 Å². The van der Waals surface area contributed by atoms with Crippen molar-refractivity contribution in [3.8, 4) is 17.2 Å². The van der Waals surface area contributed by atoms with Crippen LogP contribution in [0.5, 0.6) is 5.75 Å². The van der Waals surface area contributed by atoms with Gasteiger partial charge in [0.15, 0.2) is 0 Å². The van der Waals surface area contributed by atoms with Gasteiger partial charge in [-0.2, -0.15) is 0 Å². The van der Waals surface area contributed by atoms with E-state index in [0.29, 0.717) is 5.89 Å². The number of hydrogen-bond donors (Lipinski definition) is 0. The van der Waals surface area contributed by atoms with E-state index in [4.69, 9.17) is 20.8 Å². The second-order valence-corrected chi connectivity index (χ2v) is 7.18. The van der Waals surface area contributed by atoms with E-state index in [1.165, 1.54) is 4.88 Å². The normalized spacial score (nSPS) is 11.2. The second-order valence-electron chi connectivity index (χ2n) is 5.38.